The van der Waals surface area contributed by atoms with E-state index in [0.29, 0.717) is 26.2 Å². The third-order valence-corrected chi connectivity index (χ3v) is 2.54. The van der Waals surface area contributed by atoms with E-state index in [1.807, 2.05) is 0 Å². The van der Waals surface area contributed by atoms with Crippen LogP contribution in [0.3, 0.4) is 0 Å². The molecular formula is C10H19N3O4. The summed E-state index contributed by atoms with van der Waals surface area (Å²) in [4.78, 5) is 23.5. The largest absolute Gasteiger partial charge is 0.480 e. The van der Waals surface area contributed by atoms with Crippen molar-refractivity contribution in [2.45, 2.75) is 18.9 Å². The number of nitrogens with zero attached hydrogens (tertiary/aromatic N) is 1. The summed E-state index contributed by atoms with van der Waals surface area (Å²) in [5.41, 5.74) is 4.77. The number of hydrogen-bond acceptors (Lipinski definition) is 4. The lowest BCUT2D eigenvalue weighted by atomic mass is 9.97. The molecule has 0 bridgehead atoms. The molecular weight excluding hydrogens is 226 g/mol. The fraction of sp³-hybridized carbons (Fsp3) is 0.800. The SMILES string of the molecule is CC1(OCC(=O)O)CN(C(=O)NCCCN)C1. The standard InChI is InChI=1S/C10H19N3O4/c1-10(17-5-8(14)15)6-13(7-10)9(16)12-4-2-3-11/h2-7,11H2,1H3,(H,12,16)(H,14,15). The van der Waals surface area contributed by atoms with Crippen molar-refractivity contribution in [3.05, 3.63) is 0 Å². The Morgan fingerprint density at radius 2 is 2.18 bits per heavy atom. The monoisotopic (exact) mass is 245 g/mol. The van der Waals surface area contributed by atoms with Crippen molar-refractivity contribution in [3.8, 4) is 0 Å². The summed E-state index contributed by atoms with van der Waals surface area (Å²) in [6, 6.07) is -0.158. The predicted octanol–water partition coefficient (Wildman–Crippen LogP) is -0.780. The molecule has 0 aromatic heterocycles. The topological polar surface area (TPSA) is 105 Å². The van der Waals surface area contributed by atoms with Crippen LogP contribution >= 0.6 is 0 Å². The molecule has 0 aromatic carbocycles. The quantitative estimate of drug-likeness (QED) is 0.532. The zero-order valence-corrected chi connectivity index (χ0v) is 9.94. The Labute approximate surface area is 99.9 Å². The Hall–Kier alpha value is -1.34. The number of nitrogens with one attached hydrogen (secondary N) is 1. The number of carbonyl (C=O) groups is 2. The number of rotatable bonds is 6. The Kier molecular flexibility index (Phi) is 4.71. The van der Waals surface area contributed by atoms with Crippen LogP contribution in [-0.2, 0) is 9.53 Å². The van der Waals surface area contributed by atoms with E-state index in [-0.39, 0.29) is 12.6 Å². The highest BCUT2D eigenvalue weighted by Gasteiger charge is 2.42. The van der Waals surface area contributed by atoms with Gasteiger partial charge in [0, 0.05) is 6.54 Å². The Bertz CT molecular complexity index is 289. The van der Waals surface area contributed by atoms with Crippen molar-refractivity contribution in [3.63, 3.8) is 0 Å². The van der Waals surface area contributed by atoms with Gasteiger partial charge in [-0.3, -0.25) is 0 Å². The van der Waals surface area contributed by atoms with Crippen LogP contribution in [0.15, 0.2) is 0 Å². The number of aliphatic carboxylic acids is 1. The number of amides is 2. The van der Waals surface area contributed by atoms with Crippen LogP contribution in [0.25, 0.3) is 0 Å². The molecule has 4 N–H and O–H groups in total. The summed E-state index contributed by atoms with van der Waals surface area (Å²) in [5.74, 6) is -1.00. The summed E-state index contributed by atoms with van der Waals surface area (Å²) in [6.45, 7) is 3.38. The summed E-state index contributed by atoms with van der Waals surface area (Å²) in [5, 5.41) is 11.2. The minimum Gasteiger partial charge on any atom is -0.480 e. The van der Waals surface area contributed by atoms with Gasteiger partial charge in [-0.2, -0.15) is 0 Å². The number of urea groups is 1. The molecule has 2 amide bonds. The molecule has 1 rings (SSSR count). The third-order valence-electron chi connectivity index (χ3n) is 2.54. The van der Waals surface area contributed by atoms with Gasteiger partial charge in [-0.1, -0.05) is 0 Å². The molecule has 7 nitrogen and oxygen atoms in total. The average molecular weight is 245 g/mol. The van der Waals surface area contributed by atoms with Gasteiger partial charge < -0.3 is 25.8 Å². The highest BCUT2D eigenvalue weighted by Crippen LogP contribution is 2.24. The van der Waals surface area contributed by atoms with Crippen molar-refractivity contribution < 1.29 is 19.4 Å². The van der Waals surface area contributed by atoms with Gasteiger partial charge in [0.1, 0.15) is 12.2 Å². The first-order chi connectivity index (χ1) is 7.97. The number of likely N-dealkylation sites (tertiary alicyclic amines) is 1. The zero-order chi connectivity index (χ0) is 12.9. The maximum absolute atomic E-state index is 11.5. The lowest BCUT2D eigenvalue weighted by Gasteiger charge is -2.46. The Morgan fingerprint density at radius 1 is 1.53 bits per heavy atom. The third kappa shape index (κ3) is 4.20. The van der Waals surface area contributed by atoms with E-state index < -0.39 is 11.6 Å². The first-order valence-electron chi connectivity index (χ1n) is 5.55. The second-order valence-corrected chi connectivity index (χ2v) is 4.36. The van der Waals surface area contributed by atoms with E-state index in [0.717, 1.165) is 6.42 Å². The average Bonchev–Trinajstić information content (AvgIpc) is 2.22. The maximum atomic E-state index is 11.5. The summed E-state index contributed by atoms with van der Waals surface area (Å²) < 4.78 is 5.19. The number of carboxylic acids is 1. The first-order valence-corrected chi connectivity index (χ1v) is 5.55. The fourth-order valence-electron chi connectivity index (χ4n) is 1.64. The molecule has 1 saturated heterocycles. The van der Waals surface area contributed by atoms with Crippen molar-refractivity contribution in [1.29, 1.82) is 0 Å². The molecule has 17 heavy (non-hydrogen) atoms. The van der Waals surface area contributed by atoms with Crippen molar-refractivity contribution in [1.82, 2.24) is 10.2 Å². The van der Waals surface area contributed by atoms with Gasteiger partial charge in [0.05, 0.1) is 13.1 Å². The minimum atomic E-state index is -1.00. The second-order valence-electron chi connectivity index (χ2n) is 4.36. The Balaban J connectivity index is 2.20. The van der Waals surface area contributed by atoms with Crippen molar-refractivity contribution >= 4 is 12.0 Å². The molecule has 1 heterocycles. The molecule has 7 heteroatoms. The van der Waals surface area contributed by atoms with E-state index in [1.54, 1.807) is 11.8 Å². The maximum Gasteiger partial charge on any atom is 0.329 e. The van der Waals surface area contributed by atoms with Crippen LogP contribution in [0, 0.1) is 0 Å². The van der Waals surface area contributed by atoms with Gasteiger partial charge in [-0.05, 0) is 19.9 Å². The van der Waals surface area contributed by atoms with Gasteiger partial charge in [-0.15, -0.1) is 0 Å². The molecule has 1 aliphatic rings. The number of carbonyl (C=O) groups excluding carboxylic acids is 1. The van der Waals surface area contributed by atoms with Crippen molar-refractivity contribution in [2.24, 2.45) is 5.73 Å². The predicted molar refractivity (Wildman–Crippen MR) is 60.6 cm³/mol. The van der Waals surface area contributed by atoms with E-state index in [4.69, 9.17) is 15.6 Å². The molecule has 1 fully saturated rings. The summed E-state index contributed by atoms with van der Waals surface area (Å²) in [6.07, 6.45) is 0.742. The lowest BCUT2D eigenvalue weighted by Crippen LogP contribution is -2.65. The summed E-state index contributed by atoms with van der Waals surface area (Å²) >= 11 is 0. The number of carboxylic acid groups (broad SMARTS) is 1. The molecule has 98 valence electrons. The van der Waals surface area contributed by atoms with Gasteiger partial charge in [0.2, 0.25) is 0 Å². The van der Waals surface area contributed by atoms with Gasteiger partial charge >= 0.3 is 12.0 Å². The molecule has 1 aliphatic heterocycles. The van der Waals surface area contributed by atoms with Crippen molar-refractivity contribution in [2.75, 3.05) is 32.8 Å². The molecule has 0 spiro atoms. The Morgan fingerprint density at radius 3 is 2.71 bits per heavy atom. The summed E-state index contributed by atoms with van der Waals surface area (Å²) in [7, 11) is 0. The van der Waals surface area contributed by atoms with E-state index in [2.05, 4.69) is 5.32 Å². The van der Waals surface area contributed by atoms with E-state index in [1.165, 1.54) is 0 Å². The molecule has 0 saturated carbocycles. The number of nitrogens with two attached hydrogens (primary N) is 1. The van der Waals surface area contributed by atoms with Gasteiger partial charge in [0.15, 0.2) is 0 Å². The molecule has 0 aliphatic carbocycles. The van der Waals surface area contributed by atoms with Gasteiger partial charge in [0.25, 0.3) is 0 Å². The normalized spacial score (nSPS) is 17.4. The fourth-order valence-corrected chi connectivity index (χ4v) is 1.64. The van der Waals surface area contributed by atoms with E-state index in [9.17, 15) is 9.59 Å². The molecule has 0 atom stereocenters. The van der Waals surface area contributed by atoms with Crippen LogP contribution in [0.1, 0.15) is 13.3 Å². The second kappa shape index (κ2) is 5.83. The highest BCUT2D eigenvalue weighted by molar-refractivity contribution is 5.75. The van der Waals surface area contributed by atoms with Crippen LogP contribution in [0.5, 0.6) is 0 Å². The first kappa shape index (κ1) is 13.7. The smallest absolute Gasteiger partial charge is 0.329 e. The van der Waals surface area contributed by atoms with Crippen LogP contribution in [0.4, 0.5) is 4.79 Å². The molecule has 0 aromatic rings. The molecule has 0 unspecified atom stereocenters. The number of hydrogen-bond donors (Lipinski definition) is 3. The van der Waals surface area contributed by atoms with Crippen LogP contribution < -0.4 is 11.1 Å². The van der Waals surface area contributed by atoms with Gasteiger partial charge in [-0.25, -0.2) is 9.59 Å². The van der Waals surface area contributed by atoms with Crippen LogP contribution in [0.2, 0.25) is 0 Å². The number of ether oxygens (including phenoxy) is 1. The lowest BCUT2D eigenvalue weighted by molar-refractivity contribution is -0.159. The minimum absolute atomic E-state index is 0.158. The highest BCUT2D eigenvalue weighted by atomic mass is 16.5. The van der Waals surface area contributed by atoms with Crippen LogP contribution in [-0.4, -0.2) is 60.4 Å². The van der Waals surface area contributed by atoms with E-state index >= 15 is 0 Å². The molecule has 0 radical (unpaired) electrons. The zero-order valence-electron chi connectivity index (χ0n) is 9.94.